The first kappa shape index (κ1) is 15.1. The molecule has 3 aromatic rings. The maximum absolute atomic E-state index is 13.0. The minimum absolute atomic E-state index is 0.309. The van der Waals surface area contributed by atoms with E-state index in [0.717, 1.165) is 11.3 Å². The average molecular weight is 328 g/mol. The van der Waals surface area contributed by atoms with Crippen LogP contribution in [0, 0.1) is 10.6 Å². The summed E-state index contributed by atoms with van der Waals surface area (Å²) in [6, 6.07) is 13.4. The van der Waals surface area contributed by atoms with Crippen molar-refractivity contribution in [3.63, 3.8) is 0 Å². The highest BCUT2D eigenvalue weighted by Crippen LogP contribution is 2.17. The molecule has 116 valence electrons. The maximum Gasteiger partial charge on any atom is 0.216 e. The summed E-state index contributed by atoms with van der Waals surface area (Å²) in [7, 11) is 1.61. The first-order valence-corrected chi connectivity index (χ1v) is 7.20. The molecule has 5 nitrogen and oxygen atoms in total. The van der Waals surface area contributed by atoms with Crippen molar-refractivity contribution in [2.75, 3.05) is 7.11 Å². The Morgan fingerprint density at radius 3 is 2.52 bits per heavy atom. The van der Waals surface area contributed by atoms with E-state index in [1.807, 2.05) is 24.3 Å². The molecule has 0 spiro atoms. The lowest BCUT2D eigenvalue weighted by molar-refractivity contribution is 0.415. The lowest BCUT2D eigenvalue weighted by Crippen LogP contribution is -1.95. The molecule has 0 bridgehead atoms. The second-order valence-electron chi connectivity index (χ2n) is 4.69. The van der Waals surface area contributed by atoms with E-state index in [0.29, 0.717) is 16.2 Å². The van der Waals surface area contributed by atoms with Crippen LogP contribution in [0.25, 0.3) is 11.4 Å². The van der Waals surface area contributed by atoms with Gasteiger partial charge in [0.25, 0.3) is 0 Å². The van der Waals surface area contributed by atoms with Gasteiger partial charge < -0.3 is 4.74 Å². The topological polar surface area (TPSA) is 55.2 Å². The number of aromatic nitrogens is 3. The Hall–Kier alpha value is -2.80. The van der Waals surface area contributed by atoms with Crippen LogP contribution < -0.4 is 4.74 Å². The summed E-state index contributed by atoms with van der Waals surface area (Å²) in [4.78, 5) is 0. The highest BCUT2D eigenvalue weighted by atomic mass is 32.1. The van der Waals surface area contributed by atoms with E-state index in [2.05, 4.69) is 15.3 Å². The van der Waals surface area contributed by atoms with Gasteiger partial charge >= 0.3 is 0 Å². The SMILES string of the molecule is COc1ccc(/C=N/n2c(-c3ccc(F)cc3)n[nH]c2=S)cc1. The summed E-state index contributed by atoms with van der Waals surface area (Å²) in [5.41, 5.74) is 1.60. The molecule has 0 aliphatic rings. The smallest absolute Gasteiger partial charge is 0.216 e. The molecule has 0 saturated carbocycles. The highest BCUT2D eigenvalue weighted by molar-refractivity contribution is 7.71. The van der Waals surface area contributed by atoms with E-state index in [9.17, 15) is 4.39 Å². The molecular formula is C16H13FN4OS. The van der Waals surface area contributed by atoms with Gasteiger partial charge in [0.2, 0.25) is 4.77 Å². The van der Waals surface area contributed by atoms with E-state index in [1.165, 1.54) is 16.8 Å². The third kappa shape index (κ3) is 3.35. The number of methoxy groups -OCH3 is 1. The molecule has 1 aromatic heterocycles. The predicted molar refractivity (Wildman–Crippen MR) is 88.8 cm³/mol. The molecule has 1 heterocycles. The number of halogens is 1. The van der Waals surface area contributed by atoms with Gasteiger partial charge in [0.15, 0.2) is 5.82 Å². The molecule has 0 aliphatic carbocycles. The van der Waals surface area contributed by atoms with Gasteiger partial charge in [-0.2, -0.15) is 14.9 Å². The second-order valence-corrected chi connectivity index (χ2v) is 5.08. The van der Waals surface area contributed by atoms with Crippen molar-refractivity contribution in [3.8, 4) is 17.1 Å². The van der Waals surface area contributed by atoms with Crippen molar-refractivity contribution >= 4 is 18.4 Å². The second kappa shape index (κ2) is 6.53. The molecule has 7 heteroatoms. The molecule has 0 atom stereocenters. The van der Waals surface area contributed by atoms with Crippen LogP contribution in [0.15, 0.2) is 53.6 Å². The number of benzene rings is 2. The van der Waals surface area contributed by atoms with Gasteiger partial charge in [0.05, 0.1) is 13.3 Å². The van der Waals surface area contributed by atoms with Gasteiger partial charge in [0.1, 0.15) is 11.6 Å². The molecule has 0 amide bonds. The Morgan fingerprint density at radius 1 is 1.17 bits per heavy atom. The summed E-state index contributed by atoms with van der Waals surface area (Å²) in [6.07, 6.45) is 1.66. The fraction of sp³-hybridized carbons (Fsp3) is 0.0625. The first-order valence-electron chi connectivity index (χ1n) is 6.79. The first-order chi connectivity index (χ1) is 11.2. The van der Waals surface area contributed by atoms with Crippen molar-refractivity contribution in [3.05, 3.63) is 64.7 Å². The van der Waals surface area contributed by atoms with Crippen molar-refractivity contribution < 1.29 is 9.13 Å². The zero-order valence-electron chi connectivity index (χ0n) is 12.2. The van der Waals surface area contributed by atoms with Crippen molar-refractivity contribution in [2.45, 2.75) is 0 Å². The van der Waals surface area contributed by atoms with E-state index >= 15 is 0 Å². The van der Waals surface area contributed by atoms with Crippen molar-refractivity contribution in [1.29, 1.82) is 0 Å². The number of rotatable bonds is 4. The van der Waals surface area contributed by atoms with Crippen LogP contribution in [-0.4, -0.2) is 28.2 Å². The molecule has 1 N–H and O–H groups in total. The van der Waals surface area contributed by atoms with Gasteiger partial charge in [-0.3, -0.25) is 0 Å². The van der Waals surface area contributed by atoms with Crippen LogP contribution in [0.2, 0.25) is 0 Å². The molecule has 3 rings (SSSR count). The standard InChI is InChI=1S/C16H13FN4OS/c1-22-14-8-2-11(3-9-14)10-18-21-15(19-20-16(21)23)12-4-6-13(17)7-5-12/h2-10H,1H3,(H,20,23)/b18-10+. The Labute approximate surface area is 137 Å². The van der Waals surface area contributed by atoms with Crippen LogP contribution >= 0.6 is 12.2 Å². The normalized spacial score (nSPS) is 11.0. The maximum atomic E-state index is 13.0. The average Bonchev–Trinajstić information content (AvgIpc) is 2.95. The van der Waals surface area contributed by atoms with Crippen LogP contribution in [0.5, 0.6) is 5.75 Å². The monoisotopic (exact) mass is 328 g/mol. The quantitative estimate of drug-likeness (QED) is 0.588. The van der Waals surface area contributed by atoms with Crippen LogP contribution in [0.3, 0.4) is 0 Å². The third-order valence-electron chi connectivity index (χ3n) is 3.19. The Kier molecular flexibility index (Phi) is 4.29. The van der Waals surface area contributed by atoms with Gasteiger partial charge in [-0.1, -0.05) is 0 Å². The number of hydrogen-bond acceptors (Lipinski definition) is 4. The minimum atomic E-state index is -0.309. The van der Waals surface area contributed by atoms with Gasteiger partial charge in [-0.05, 0) is 66.3 Å². The van der Waals surface area contributed by atoms with E-state index in [4.69, 9.17) is 17.0 Å². The Bertz CT molecular complexity index is 882. The predicted octanol–water partition coefficient (Wildman–Crippen LogP) is 3.64. The number of nitrogens with one attached hydrogen (secondary N) is 1. The third-order valence-corrected chi connectivity index (χ3v) is 3.46. The lowest BCUT2D eigenvalue weighted by Gasteiger charge is -2.01. The van der Waals surface area contributed by atoms with Crippen LogP contribution in [0.1, 0.15) is 5.56 Å². The number of aromatic amines is 1. The summed E-state index contributed by atoms with van der Waals surface area (Å²) < 4.78 is 20.0. The largest absolute Gasteiger partial charge is 0.497 e. The fourth-order valence-corrected chi connectivity index (χ4v) is 2.18. The summed E-state index contributed by atoms with van der Waals surface area (Å²) in [5, 5.41) is 11.2. The number of H-pyrrole nitrogens is 1. The molecular weight excluding hydrogens is 315 g/mol. The summed E-state index contributed by atoms with van der Waals surface area (Å²) >= 11 is 5.19. The summed E-state index contributed by atoms with van der Waals surface area (Å²) in [5.74, 6) is 0.977. The fourth-order valence-electron chi connectivity index (χ4n) is 2.00. The molecule has 0 saturated heterocycles. The molecule has 2 aromatic carbocycles. The zero-order chi connectivity index (χ0) is 16.2. The lowest BCUT2D eigenvalue weighted by atomic mass is 10.2. The molecule has 23 heavy (non-hydrogen) atoms. The Balaban J connectivity index is 1.93. The van der Waals surface area contributed by atoms with Gasteiger partial charge in [0, 0.05) is 5.56 Å². The highest BCUT2D eigenvalue weighted by Gasteiger charge is 2.08. The molecule has 0 radical (unpaired) electrons. The molecule has 0 unspecified atom stereocenters. The van der Waals surface area contributed by atoms with E-state index in [-0.39, 0.29) is 5.82 Å². The Morgan fingerprint density at radius 2 is 1.87 bits per heavy atom. The number of ether oxygens (including phenoxy) is 1. The van der Waals surface area contributed by atoms with Crippen LogP contribution in [0.4, 0.5) is 4.39 Å². The van der Waals surface area contributed by atoms with Crippen molar-refractivity contribution in [2.24, 2.45) is 5.10 Å². The van der Waals surface area contributed by atoms with Gasteiger partial charge in [-0.15, -0.1) is 0 Å². The number of nitrogens with zero attached hydrogens (tertiary/aromatic N) is 3. The number of hydrogen-bond donors (Lipinski definition) is 1. The minimum Gasteiger partial charge on any atom is -0.497 e. The van der Waals surface area contributed by atoms with Crippen LogP contribution in [-0.2, 0) is 0 Å². The van der Waals surface area contributed by atoms with Gasteiger partial charge in [-0.25, -0.2) is 9.49 Å². The zero-order valence-corrected chi connectivity index (χ0v) is 13.0. The van der Waals surface area contributed by atoms with E-state index in [1.54, 1.807) is 25.5 Å². The molecule has 0 fully saturated rings. The van der Waals surface area contributed by atoms with Crippen molar-refractivity contribution in [1.82, 2.24) is 14.9 Å². The van der Waals surface area contributed by atoms with E-state index < -0.39 is 0 Å². The summed E-state index contributed by atoms with van der Waals surface area (Å²) in [6.45, 7) is 0. The molecule has 0 aliphatic heterocycles.